The minimum atomic E-state index is -0.415. The van der Waals surface area contributed by atoms with Crippen LogP contribution in [0.5, 0.6) is 0 Å². The number of hydrogen-bond acceptors (Lipinski definition) is 2. The maximum Gasteiger partial charge on any atom is 0.410 e. The van der Waals surface area contributed by atoms with Crippen molar-refractivity contribution in [1.82, 2.24) is 4.90 Å². The van der Waals surface area contributed by atoms with Gasteiger partial charge in [-0.1, -0.05) is 6.08 Å². The number of likely N-dealkylation sites (tertiary alicyclic amines) is 1. The van der Waals surface area contributed by atoms with E-state index in [2.05, 4.69) is 6.08 Å². The highest BCUT2D eigenvalue weighted by molar-refractivity contribution is 6.21. The van der Waals surface area contributed by atoms with Crippen molar-refractivity contribution in [3.63, 3.8) is 0 Å². The van der Waals surface area contributed by atoms with Crippen molar-refractivity contribution in [2.24, 2.45) is 11.8 Å². The molecule has 1 aliphatic carbocycles. The number of amides is 1. The zero-order chi connectivity index (χ0) is 12.6. The molecular formula is C13H20BNO2. The third-order valence-electron chi connectivity index (χ3n) is 3.41. The number of rotatable bonds is 0. The third kappa shape index (κ3) is 3.05. The van der Waals surface area contributed by atoms with Crippen LogP contribution in [0.25, 0.3) is 0 Å². The Morgan fingerprint density at radius 1 is 1.41 bits per heavy atom. The molecule has 2 aliphatic rings. The third-order valence-corrected chi connectivity index (χ3v) is 3.41. The highest BCUT2D eigenvalue weighted by Gasteiger charge is 2.37. The molecule has 1 heterocycles. The van der Waals surface area contributed by atoms with Crippen molar-refractivity contribution >= 4 is 13.9 Å². The van der Waals surface area contributed by atoms with Crippen LogP contribution in [-0.2, 0) is 4.74 Å². The molecule has 1 amide bonds. The summed E-state index contributed by atoms with van der Waals surface area (Å²) in [6, 6.07) is 0. The lowest BCUT2D eigenvalue weighted by Crippen LogP contribution is -2.35. The van der Waals surface area contributed by atoms with Crippen molar-refractivity contribution in [1.29, 1.82) is 0 Å². The molecule has 0 bridgehead atoms. The zero-order valence-corrected chi connectivity index (χ0v) is 10.9. The van der Waals surface area contributed by atoms with Gasteiger partial charge in [0.05, 0.1) is 0 Å². The van der Waals surface area contributed by atoms with Crippen LogP contribution in [-0.4, -0.2) is 37.5 Å². The smallest absolute Gasteiger partial charge is 0.410 e. The lowest BCUT2D eigenvalue weighted by molar-refractivity contribution is 0.0284. The highest BCUT2D eigenvalue weighted by Crippen LogP contribution is 2.35. The number of nitrogens with zero attached hydrogens (tertiary/aromatic N) is 1. The lowest BCUT2D eigenvalue weighted by atomic mass is 9.75. The van der Waals surface area contributed by atoms with E-state index < -0.39 is 5.60 Å². The molecule has 0 aromatic rings. The first kappa shape index (κ1) is 12.5. The predicted octanol–water partition coefficient (Wildman–Crippen LogP) is 2.32. The van der Waals surface area contributed by atoms with Crippen molar-refractivity contribution in [2.45, 2.75) is 39.2 Å². The molecule has 0 aromatic heterocycles. The Bertz CT molecular complexity index is 346. The Kier molecular flexibility index (Phi) is 3.24. The first-order valence-corrected chi connectivity index (χ1v) is 6.27. The predicted molar refractivity (Wildman–Crippen MR) is 67.9 cm³/mol. The van der Waals surface area contributed by atoms with Crippen LogP contribution in [0.1, 0.15) is 33.6 Å². The maximum absolute atomic E-state index is 11.9. The summed E-state index contributed by atoms with van der Waals surface area (Å²) < 4.78 is 5.39. The summed E-state index contributed by atoms with van der Waals surface area (Å²) in [4.78, 5) is 13.8. The molecule has 0 spiro atoms. The van der Waals surface area contributed by atoms with Gasteiger partial charge in [0, 0.05) is 13.1 Å². The average molecular weight is 233 g/mol. The van der Waals surface area contributed by atoms with Crippen LogP contribution in [0.2, 0.25) is 0 Å². The Morgan fingerprint density at radius 2 is 2.06 bits per heavy atom. The molecule has 4 heteroatoms. The van der Waals surface area contributed by atoms with E-state index in [0.717, 1.165) is 31.4 Å². The molecule has 2 rings (SSSR count). The molecule has 0 N–H and O–H groups in total. The van der Waals surface area contributed by atoms with Gasteiger partial charge in [0.2, 0.25) is 0 Å². The number of ether oxygens (including phenoxy) is 1. The van der Waals surface area contributed by atoms with Gasteiger partial charge in [-0.25, -0.2) is 4.79 Å². The molecule has 1 aliphatic heterocycles. The normalized spacial score (nSPS) is 28.6. The van der Waals surface area contributed by atoms with Crippen LogP contribution in [0.3, 0.4) is 0 Å². The molecule has 0 saturated carbocycles. The van der Waals surface area contributed by atoms with Crippen LogP contribution in [0, 0.1) is 11.8 Å². The van der Waals surface area contributed by atoms with Gasteiger partial charge in [-0.15, -0.1) is 5.47 Å². The second-order valence-corrected chi connectivity index (χ2v) is 6.12. The van der Waals surface area contributed by atoms with Crippen molar-refractivity contribution in [3.8, 4) is 0 Å². The van der Waals surface area contributed by atoms with Gasteiger partial charge in [-0.2, -0.15) is 0 Å². The van der Waals surface area contributed by atoms with Gasteiger partial charge in [-0.3, -0.25) is 0 Å². The van der Waals surface area contributed by atoms with Crippen molar-refractivity contribution < 1.29 is 9.53 Å². The summed E-state index contributed by atoms with van der Waals surface area (Å²) in [5.41, 5.74) is 0.555. The summed E-state index contributed by atoms with van der Waals surface area (Å²) >= 11 is 0. The van der Waals surface area contributed by atoms with Crippen molar-refractivity contribution in [3.05, 3.63) is 11.5 Å². The minimum Gasteiger partial charge on any atom is -0.444 e. The molecule has 3 nitrogen and oxygen atoms in total. The van der Waals surface area contributed by atoms with E-state index in [1.54, 1.807) is 0 Å². The largest absolute Gasteiger partial charge is 0.444 e. The fraction of sp³-hybridized carbons (Fsp3) is 0.769. The topological polar surface area (TPSA) is 29.5 Å². The maximum atomic E-state index is 11.9. The fourth-order valence-electron chi connectivity index (χ4n) is 2.60. The standard InChI is InChI=1S/C13H20BNO2/c1-13(2,3)17-12(16)15-7-9-4-5-11(14)6-10(9)8-15/h5,9-10H,4,6-8H2,1-3H3/t9-,10+/m0/s1. The van der Waals surface area contributed by atoms with E-state index in [1.165, 1.54) is 0 Å². The molecule has 2 atom stereocenters. The summed E-state index contributed by atoms with van der Waals surface area (Å²) in [6.07, 6.45) is 3.82. The Hall–Kier alpha value is -0.925. The van der Waals surface area contributed by atoms with Crippen LogP contribution in [0.4, 0.5) is 4.79 Å². The van der Waals surface area contributed by atoms with Crippen LogP contribution >= 0.6 is 0 Å². The number of fused-ring (bicyclic) bond motifs is 1. The van der Waals surface area contributed by atoms with E-state index in [9.17, 15) is 4.79 Å². The quantitative estimate of drug-likeness (QED) is 0.601. The molecule has 1 saturated heterocycles. The summed E-state index contributed by atoms with van der Waals surface area (Å²) in [5, 5.41) is 0. The Balaban J connectivity index is 1.93. The van der Waals surface area contributed by atoms with E-state index >= 15 is 0 Å². The van der Waals surface area contributed by atoms with Gasteiger partial charge in [0.1, 0.15) is 13.4 Å². The van der Waals surface area contributed by atoms with E-state index in [0.29, 0.717) is 11.8 Å². The Labute approximate surface area is 105 Å². The average Bonchev–Trinajstić information content (AvgIpc) is 2.57. The molecule has 2 radical (unpaired) electrons. The molecule has 0 aromatic carbocycles. The second-order valence-electron chi connectivity index (χ2n) is 6.12. The minimum absolute atomic E-state index is 0.189. The van der Waals surface area contributed by atoms with E-state index in [-0.39, 0.29) is 6.09 Å². The SMILES string of the molecule is [B]C1=CC[C@H]2CN(C(=O)OC(C)(C)C)C[C@H]2C1. The van der Waals surface area contributed by atoms with Gasteiger partial charge in [-0.05, 0) is 45.4 Å². The van der Waals surface area contributed by atoms with E-state index in [1.807, 2.05) is 25.7 Å². The second kappa shape index (κ2) is 4.39. The highest BCUT2D eigenvalue weighted by atomic mass is 16.6. The van der Waals surface area contributed by atoms with Gasteiger partial charge in [0.25, 0.3) is 0 Å². The first-order chi connectivity index (χ1) is 7.85. The number of hydrogen-bond donors (Lipinski definition) is 0. The molecular weight excluding hydrogens is 213 g/mol. The van der Waals surface area contributed by atoms with Crippen LogP contribution < -0.4 is 0 Å². The zero-order valence-electron chi connectivity index (χ0n) is 10.9. The van der Waals surface area contributed by atoms with Gasteiger partial charge < -0.3 is 9.64 Å². The Morgan fingerprint density at radius 3 is 2.71 bits per heavy atom. The van der Waals surface area contributed by atoms with Crippen molar-refractivity contribution in [2.75, 3.05) is 13.1 Å². The number of allylic oxidation sites excluding steroid dienone is 2. The molecule has 92 valence electrons. The van der Waals surface area contributed by atoms with Crippen LogP contribution in [0.15, 0.2) is 11.5 Å². The number of carbonyl (C=O) groups is 1. The lowest BCUT2D eigenvalue weighted by Gasteiger charge is -2.24. The number of carbonyl (C=O) groups excluding carboxylic acids is 1. The van der Waals surface area contributed by atoms with Gasteiger partial charge in [0.15, 0.2) is 0 Å². The molecule has 0 unspecified atom stereocenters. The fourth-order valence-corrected chi connectivity index (χ4v) is 2.60. The summed E-state index contributed by atoms with van der Waals surface area (Å²) in [7, 11) is 5.84. The summed E-state index contributed by atoms with van der Waals surface area (Å²) in [5.74, 6) is 1.09. The molecule has 1 fully saturated rings. The summed E-state index contributed by atoms with van der Waals surface area (Å²) in [6.45, 7) is 7.28. The van der Waals surface area contributed by atoms with E-state index in [4.69, 9.17) is 12.6 Å². The first-order valence-electron chi connectivity index (χ1n) is 6.27. The van der Waals surface area contributed by atoms with Gasteiger partial charge >= 0.3 is 6.09 Å². The monoisotopic (exact) mass is 233 g/mol. The molecule has 17 heavy (non-hydrogen) atoms.